The number of rotatable bonds is 2. The molecule has 0 N–H and O–H groups in total. The maximum absolute atomic E-state index is 11.2. The molecule has 3 nitrogen and oxygen atoms in total. The van der Waals surface area contributed by atoms with Gasteiger partial charge in [-0.3, -0.25) is 0 Å². The first-order valence-electron chi connectivity index (χ1n) is 4.97. The first kappa shape index (κ1) is 10.4. The number of hydrogen-bond donors (Lipinski definition) is 0. The predicted molar refractivity (Wildman–Crippen MR) is 62.8 cm³/mol. The van der Waals surface area contributed by atoms with Crippen molar-refractivity contribution < 1.29 is 9.63 Å². The summed E-state index contributed by atoms with van der Waals surface area (Å²) in [5, 5.41) is 3.59. The Hall–Kier alpha value is -2.16. The molecule has 0 aromatic heterocycles. The highest BCUT2D eigenvalue weighted by Gasteiger charge is 2.20. The van der Waals surface area contributed by atoms with Crippen molar-refractivity contribution in [3.8, 4) is 0 Å². The summed E-state index contributed by atoms with van der Waals surface area (Å²) in [5.74, 6) is -0.393. The quantitative estimate of drug-likeness (QED) is 0.559. The molecule has 0 saturated carbocycles. The van der Waals surface area contributed by atoms with E-state index in [1.807, 2.05) is 42.5 Å². The zero-order valence-corrected chi connectivity index (χ0v) is 8.88. The molecule has 0 atom stereocenters. The van der Waals surface area contributed by atoms with E-state index in [0.29, 0.717) is 11.3 Å². The molecule has 0 saturated heterocycles. The van der Waals surface area contributed by atoms with E-state index >= 15 is 0 Å². The van der Waals surface area contributed by atoms with Crippen molar-refractivity contribution in [2.45, 2.75) is 6.92 Å². The molecule has 0 amide bonds. The summed E-state index contributed by atoms with van der Waals surface area (Å²) in [6.07, 6.45) is 5.45. The van der Waals surface area contributed by atoms with Crippen molar-refractivity contribution in [2.24, 2.45) is 5.16 Å². The van der Waals surface area contributed by atoms with Gasteiger partial charge in [-0.25, -0.2) is 4.79 Å². The van der Waals surface area contributed by atoms with Crippen molar-refractivity contribution in [3.63, 3.8) is 0 Å². The minimum absolute atomic E-state index is 0.393. The number of carbonyl (C=O) groups excluding carboxylic acids is 1. The molecule has 0 bridgehead atoms. The highest BCUT2D eigenvalue weighted by molar-refractivity contribution is 6.21. The lowest BCUT2D eigenvalue weighted by Crippen LogP contribution is -2.01. The summed E-state index contributed by atoms with van der Waals surface area (Å²) in [7, 11) is 0. The molecule has 0 aliphatic carbocycles. The fraction of sp³-hybridized carbons (Fsp3) is 0.0769. The average molecular weight is 213 g/mol. The largest absolute Gasteiger partial charge is 0.367 e. The first-order valence-corrected chi connectivity index (χ1v) is 4.97. The summed E-state index contributed by atoms with van der Waals surface area (Å²) >= 11 is 0. The van der Waals surface area contributed by atoms with Crippen molar-refractivity contribution in [3.05, 3.63) is 53.6 Å². The van der Waals surface area contributed by atoms with Crippen LogP contribution in [0.1, 0.15) is 12.5 Å². The Morgan fingerprint density at radius 2 is 2.00 bits per heavy atom. The molecule has 1 aromatic rings. The van der Waals surface area contributed by atoms with Crippen LogP contribution in [0.2, 0.25) is 0 Å². The molecule has 0 fully saturated rings. The van der Waals surface area contributed by atoms with Crippen LogP contribution >= 0.6 is 0 Å². The Bertz CT molecular complexity index is 484. The predicted octanol–water partition coefficient (Wildman–Crippen LogP) is 2.56. The number of nitrogens with zero attached hydrogens (tertiary/aromatic N) is 1. The van der Waals surface area contributed by atoms with Gasteiger partial charge in [0.1, 0.15) is 0 Å². The maximum atomic E-state index is 11.2. The van der Waals surface area contributed by atoms with Gasteiger partial charge in [0.15, 0.2) is 0 Å². The van der Waals surface area contributed by atoms with E-state index in [-0.39, 0.29) is 0 Å². The summed E-state index contributed by atoms with van der Waals surface area (Å²) in [4.78, 5) is 15.7. The van der Waals surface area contributed by atoms with Gasteiger partial charge in [-0.1, -0.05) is 47.6 Å². The summed E-state index contributed by atoms with van der Waals surface area (Å²) in [5.41, 5.74) is 2.20. The van der Waals surface area contributed by atoms with Crippen LogP contribution in [0.25, 0.3) is 6.08 Å². The molecular weight excluding hydrogens is 202 g/mol. The number of hydrogen-bond acceptors (Lipinski definition) is 3. The number of carbonyl (C=O) groups is 1. The zero-order valence-electron chi connectivity index (χ0n) is 8.88. The topological polar surface area (TPSA) is 38.7 Å². The Kier molecular flexibility index (Phi) is 2.96. The third-order valence-electron chi connectivity index (χ3n) is 2.23. The van der Waals surface area contributed by atoms with Crippen LogP contribution < -0.4 is 0 Å². The maximum Gasteiger partial charge on any atom is 0.367 e. The lowest BCUT2D eigenvalue weighted by Gasteiger charge is -1.90. The van der Waals surface area contributed by atoms with E-state index in [0.717, 1.165) is 5.56 Å². The highest BCUT2D eigenvalue weighted by Crippen LogP contribution is 2.11. The fourth-order valence-corrected chi connectivity index (χ4v) is 1.36. The lowest BCUT2D eigenvalue weighted by atomic mass is 10.1. The van der Waals surface area contributed by atoms with Crippen molar-refractivity contribution in [1.29, 1.82) is 0 Å². The van der Waals surface area contributed by atoms with Crippen molar-refractivity contribution >= 4 is 17.8 Å². The monoisotopic (exact) mass is 213 g/mol. The van der Waals surface area contributed by atoms with Crippen molar-refractivity contribution in [1.82, 2.24) is 0 Å². The van der Waals surface area contributed by atoms with Gasteiger partial charge in [-0.2, -0.15) is 0 Å². The molecule has 3 heteroatoms. The fourth-order valence-electron chi connectivity index (χ4n) is 1.36. The van der Waals surface area contributed by atoms with Crippen LogP contribution in [0.5, 0.6) is 0 Å². The third kappa shape index (κ3) is 2.25. The second-order valence-electron chi connectivity index (χ2n) is 3.41. The molecule has 0 unspecified atom stereocenters. The van der Waals surface area contributed by atoms with Gasteiger partial charge >= 0.3 is 5.97 Å². The lowest BCUT2D eigenvalue weighted by molar-refractivity contribution is -0.136. The van der Waals surface area contributed by atoms with E-state index in [1.54, 1.807) is 13.0 Å². The molecular formula is C13H11NO2. The molecule has 80 valence electrons. The van der Waals surface area contributed by atoms with Crippen LogP contribution in [0, 0.1) is 0 Å². The molecule has 1 aliphatic rings. The van der Waals surface area contributed by atoms with Gasteiger partial charge in [0, 0.05) is 0 Å². The molecule has 0 spiro atoms. The van der Waals surface area contributed by atoms with Crippen LogP contribution in [0.15, 0.2) is 53.2 Å². The first-order chi connectivity index (χ1) is 7.77. The van der Waals surface area contributed by atoms with E-state index in [2.05, 4.69) is 9.99 Å². The van der Waals surface area contributed by atoms with Gasteiger partial charge in [-0.05, 0) is 18.6 Å². The SMILES string of the molecule is CC1=NOC(=O)/C1=C\C=C\c1ccccc1. The molecule has 0 radical (unpaired) electrons. The van der Waals surface area contributed by atoms with E-state index in [1.165, 1.54) is 0 Å². The molecule has 1 aromatic carbocycles. The van der Waals surface area contributed by atoms with Crippen LogP contribution in [0.4, 0.5) is 0 Å². The third-order valence-corrected chi connectivity index (χ3v) is 2.23. The van der Waals surface area contributed by atoms with Gasteiger partial charge < -0.3 is 4.84 Å². The second-order valence-corrected chi connectivity index (χ2v) is 3.41. The van der Waals surface area contributed by atoms with Crippen molar-refractivity contribution in [2.75, 3.05) is 0 Å². The number of allylic oxidation sites excluding steroid dienone is 2. The number of benzene rings is 1. The Balaban J connectivity index is 2.12. The minimum atomic E-state index is -0.393. The Labute approximate surface area is 93.7 Å². The standard InChI is InChI=1S/C13H11NO2/c1-10-12(13(15)16-14-10)9-5-8-11-6-3-2-4-7-11/h2-9H,1H3/b8-5+,12-9-. The van der Waals surface area contributed by atoms with E-state index in [4.69, 9.17) is 0 Å². The smallest absolute Gasteiger partial charge is 0.312 e. The minimum Gasteiger partial charge on any atom is -0.312 e. The van der Waals surface area contributed by atoms with Gasteiger partial charge in [0.2, 0.25) is 0 Å². The van der Waals surface area contributed by atoms with Crippen LogP contribution in [-0.4, -0.2) is 11.7 Å². The number of oxime groups is 1. The van der Waals surface area contributed by atoms with Crippen LogP contribution in [0.3, 0.4) is 0 Å². The second kappa shape index (κ2) is 4.57. The Morgan fingerprint density at radius 1 is 1.25 bits per heavy atom. The summed E-state index contributed by atoms with van der Waals surface area (Å²) in [6.45, 7) is 1.74. The summed E-state index contributed by atoms with van der Waals surface area (Å²) in [6, 6.07) is 9.86. The van der Waals surface area contributed by atoms with Crippen LogP contribution in [-0.2, 0) is 9.63 Å². The molecule has 16 heavy (non-hydrogen) atoms. The average Bonchev–Trinajstić information content (AvgIpc) is 2.62. The molecule has 2 rings (SSSR count). The zero-order chi connectivity index (χ0) is 11.4. The molecule has 1 heterocycles. The van der Waals surface area contributed by atoms with Gasteiger partial charge in [0.05, 0.1) is 11.3 Å². The van der Waals surface area contributed by atoms with Gasteiger partial charge in [-0.15, -0.1) is 0 Å². The summed E-state index contributed by atoms with van der Waals surface area (Å²) < 4.78 is 0. The Morgan fingerprint density at radius 3 is 2.62 bits per heavy atom. The highest BCUT2D eigenvalue weighted by atomic mass is 16.7. The van der Waals surface area contributed by atoms with E-state index in [9.17, 15) is 4.79 Å². The molecule has 1 aliphatic heterocycles. The normalized spacial score (nSPS) is 17.9. The van der Waals surface area contributed by atoms with Gasteiger partial charge in [0.25, 0.3) is 0 Å². The van der Waals surface area contributed by atoms with E-state index < -0.39 is 5.97 Å².